The van der Waals surface area contributed by atoms with Gasteiger partial charge in [-0.1, -0.05) is 71.4 Å². The van der Waals surface area contributed by atoms with Gasteiger partial charge in [0.1, 0.15) is 0 Å². The zero-order valence-corrected chi connectivity index (χ0v) is 17.7. The summed E-state index contributed by atoms with van der Waals surface area (Å²) in [6, 6.07) is 19.4. The standard InChI is InChI=1S/C25H27N3O3/c1-3-15-28(24(29)14-13-20-7-5-4-6-8-20)18-22-16-23(27-31-22)25(30)26-17-21-11-9-19(2)10-12-21/h3-12,16H,1,13-15,17-18H2,2H3,(H,26,30). The van der Waals surface area contributed by atoms with Crippen molar-refractivity contribution < 1.29 is 14.1 Å². The summed E-state index contributed by atoms with van der Waals surface area (Å²) in [6.07, 6.45) is 2.72. The molecule has 1 N–H and O–H groups in total. The van der Waals surface area contributed by atoms with Crippen molar-refractivity contribution in [3.05, 3.63) is 101 Å². The molecule has 0 fully saturated rings. The Balaban J connectivity index is 1.54. The van der Waals surface area contributed by atoms with Gasteiger partial charge in [-0.25, -0.2) is 0 Å². The molecular formula is C25H27N3O3. The molecule has 1 aromatic heterocycles. The molecule has 0 aliphatic heterocycles. The van der Waals surface area contributed by atoms with E-state index in [1.807, 2.05) is 61.5 Å². The zero-order valence-electron chi connectivity index (χ0n) is 17.7. The van der Waals surface area contributed by atoms with Crippen LogP contribution in [0.15, 0.2) is 77.8 Å². The molecule has 0 aliphatic rings. The summed E-state index contributed by atoms with van der Waals surface area (Å²) in [5.74, 6) is 0.127. The first-order chi connectivity index (χ1) is 15.0. The monoisotopic (exact) mass is 417 g/mol. The average molecular weight is 418 g/mol. The van der Waals surface area contributed by atoms with E-state index in [1.165, 1.54) is 5.56 Å². The third kappa shape index (κ3) is 6.67. The first-order valence-corrected chi connectivity index (χ1v) is 10.3. The summed E-state index contributed by atoms with van der Waals surface area (Å²) in [5.41, 5.74) is 3.47. The number of aryl methyl sites for hydroxylation is 2. The Morgan fingerprint density at radius 3 is 2.55 bits per heavy atom. The fourth-order valence-electron chi connectivity index (χ4n) is 3.13. The largest absolute Gasteiger partial charge is 0.359 e. The number of rotatable bonds is 10. The van der Waals surface area contributed by atoms with Gasteiger partial charge in [-0.2, -0.15) is 0 Å². The quantitative estimate of drug-likeness (QED) is 0.505. The first kappa shape index (κ1) is 22.0. The minimum absolute atomic E-state index is 0.00877. The number of hydrogen-bond donors (Lipinski definition) is 1. The lowest BCUT2D eigenvalue weighted by atomic mass is 10.1. The van der Waals surface area contributed by atoms with Crippen LogP contribution >= 0.6 is 0 Å². The van der Waals surface area contributed by atoms with Crippen molar-refractivity contribution in [2.24, 2.45) is 0 Å². The maximum atomic E-state index is 12.7. The van der Waals surface area contributed by atoms with Crippen molar-refractivity contribution in [3.63, 3.8) is 0 Å². The van der Waals surface area contributed by atoms with Crippen LogP contribution < -0.4 is 5.32 Å². The molecule has 6 nitrogen and oxygen atoms in total. The van der Waals surface area contributed by atoms with Crippen molar-refractivity contribution >= 4 is 11.8 Å². The normalized spacial score (nSPS) is 10.5. The molecule has 0 bridgehead atoms. The van der Waals surface area contributed by atoms with Crippen LogP contribution in [0.3, 0.4) is 0 Å². The lowest BCUT2D eigenvalue weighted by molar-refractivity contribution is -0.131. The van der Waals surface area contributed by atoms with Gasteiger partial charge in [-0.05, 0) is 24.5 Å². The molecule has 31 heavy (non-hydrogen) atoms. The Hall–Kier alpha value is -3.67. The van der Waals surface area contributed by atoms with Crippen LogP contribution in [0.1, 0.15) is 39.4 Å². The first-order valence-electron chi connectivity index (χ1n) is 10.3. The van der Waals surface area contributed by atoms with E-state index in [0.29, 0.717) is 31.7 Å². The third-order valence-corrected chi connectivity index (χ3v) is 4.88. The molecule has 0 spiro atoms. The highest BCUT2D eigenvalue weighted by atomic mass is 16.5. The molecule has 6 heteroatoms. The highest BCUT2D eigenvalue weighted by Gasteiger charge is 2.18. The number of amides is 2. The van der Waals surface area contributed by atoms with E-state index in [4.69, 9.17) is 4.52 Å². The number of benzene rings is 2. The van der Waals surface area contributed by atoms with Crippen molar-refractivity contribution in [3.8, 4) is 0 Å². The highest BCUT2D eigenvalue weighted by molar-refractivity contribution is 5.92. The van der Waals surface area contributed by atoms with Gasteiger partial charge in [0.2, 0.25) is 5.91 Å². The molecule has 3 aromatic rings. The van der Waals surface area contributed by atoms with Crippen LogP contribution in [0.4, 0.5) is 0 Å². The summed E-state index contributed by atoms with van der Waals surface area (Å²) >= 11 is 0. The fourth-order valence-corrected chi connectivity index (χ4v) is 3.13. The topological polar surface area (TPSA) is 75.4 Å². The van der Waals surface area contributed by atoms with Gasteiger partial charge in [0, 0.05) is 25.6 Å². The average Bonchev–Trinajstić information content (AvgIpc) is 3.26. The predicted octanol–water partition coefficient (Wildman–Crippen LogP) is 4.06. The van der Waals surface area contributed by atoms with Crippen LogP contribution in [0, 0.1) is 6.92 Å². The summed E-state index contributed by atoms with van der Waals surface area (Å²) < 4.78 is 5.30. The van der Waals surface area contributed by atoms with Crippen molar-refractivity contribution in [1.82, 2.24) is 15.4 Å². The predicted molar refractivity (Wildman–Crippen MR) is 119 cm³/mol. The minimum atomic E-state index is -0.318. The van der Waals surface area contributed by atoms with E-state index in [0.717, 1.165) is 11.1 Å². The number of nitrogens with one attached hydrogen (secondary N) is 1. The molecule has 160 valence electrons. The van der Waals surface area contributed by atoms with E-state index in [1.54, 1.807) is 17.0 Å². The van der Waals surface area contributed by atoms with E-state index in [-0.39, 0.29) is 24.1 Å². The number of aromatic nitrogens is 1. The molecule has 0 saturated heterocycles. The van der Waals surface area contributed by atoms with Crippen LogP contribution in [0.25, 0.3) is 0 Å². The summed E-state index contributed by atoms with van der Waals surface area (Å²) in [5, 5.41) is 6.69. The van der Waals surface area contributed by atoms with E-state index < -0.39 is 0 Å². The SMILES string of the molecule is C=CCN(Cc1cc(C(=O)NCc2ccc(C)cc2)no1)C(=O)CCc1ccccc1. The molecule has 3 rings (SSSR count). The Labute approximate surface area is 182 Å². The molecule has 2 amide bonds. The van der Waals surface area contributed by atoms with E-state index in [2.05, 4.69) is 17.1 Å². The van der Waals surface area contributed by atoms with Crippen LogP contribution in [-0.2, 0) is 24.3 Å². The smallest absolute Gasteiger partial charge is 0.273 e. The number of nitrogens with zero attached hydrogens (tertiary/aromatic N) is 2. The second kappa shape index (κ2) is 10.9. The van der Waals surface area contributed by atoms with Gasteiger partial charge in [-0.3, -0.25) is 9.59 Å². The van der Waals surface area contributed by atoms with E-state index in [9.17, 15) is 9.59 Å². The number of carbonyl (C=O) groups excluding carboxylic acids is 2. The van der Waals surface area contributed by atoms with Crippen molar-refractivity contribution in [2.45, 2.75) is 32.9 Å². The third-order valence-electron chi connectivity index (χ3n) is 4.88. The molecule has 0 unspecified atom stereocenters. The lowest BCUT2D eigenvalue weighted by Crippen LogP contribution is -2.30. The Morgan fingerprint density at radius 2 is 1.84 bits per heavy atom. The summed E-state index contributed by atoms with van der Waals surface area (Å²) in [6.45, 7) is 6.78. The highest BCUT2D eigenvalue weighted by Crippen LogP contribution is 2.11. The van der Waals surface area contributed by atoms with Gasteiger partial charge < -0.3 is 14.7 Å². The van der Waals surface area contributed by atoms with Gasteiger partial charge >= 0.3 is 0 Å². The summed E-state index contributed by atoms with van der Waals surface area (Å²) in [7, 11) is 0. The van der Waals surface area contributed by atoms with E-state index >= 15 is 0 Å². The maximum Gasteiger partial charge on any atom is 0.273 e. The molecule has 0 aliphatic carbocycles. The molecule has 2 aromatic carbocycles. The molecule has 0 radical (unpaired) electrons. The van der Waals surface area contributed by atoms with Crippen LogP contribution in [0.5, 0.6) is 0 Å². The lowest BCUT2D eigenvalue weighted by Gasteiger charge is -2.19. The Kier molecular flexibility index (Phi) is 7.76. The maximum absolute atomic E-state index is 12.7. The second-order valence-electron chi connectivity index (χ2n) is 7.40. The van der Waals surface area contributed by atoms with Crippen molar-refractivity contribution in [1.29, 1.82) is 0 Å². The van der Waals surface area contributed by atoms with Crippen LogP contribution in [0.2, 0.25) is 0 Å². The van der Waals surface area contributed by atoms with Gasteiger partial charge in [0.05, 0.1) is 6.54 Å². The molecule has 1 heterocycles. The molecular weight excluding hydrogens is 390 g/mol. The zero-order chi connectivity index (χ0) is 22.1. The van der Waals surface area contributed by atoms with Gasteiger partial charge in [0.15, 0.2) is 11.5 Å². The van der Waals surface area contributed by atoms with Gasteiger partial charge in [-0.15, -0.1) is 6.58 Å². The van der Waals surface area contributed by atoms with Crippen LogP contribution in [-0.4, -0.2) is 28.4 Å². The number of hydrogen-bond acceptors (Lipinski definition) is 4. The minimum Gasteiger partial charge on any atom is -0.359 e. The van der Waals surface area contributed by atoms with Crippen molar-refractivity contribution in [2.75, 3.05) is 6.54 Å². The molecule has 0 atom stereocenters. The second-order valence-corrected chi connectivity index (χ2v) is 7.40. The summed E-state index contributed by atoms with van der Waals surface area (Å²) in [4.78, 5) is 26.7. The fraction of sp³-hybridized carbons (Fsp3) is 0.240. The Morgan fingerprint density at radius 1 is 1.10 bits per heavy atom. The molecule has 0 saturated carbocycles. The Bertz CT molecular complexity index is 1010. The number of carbonyl (C=O) groups is 2. The van der Waals surface area contributed by atoms with Gasteiger partial charge in [0.25, 0.3) is 5.91 Å².